The summed E-state index contributed by atoms with van der Waals surface area (Å²) in [6, 6.07) is 14.9. The van der Waals surface area contributed by atoms with Crippen molar-refractivity contribution in [3.8, 4) is 5.75 Å². The van der Waals surface area contributed by atoms with Crippen LogP contribution >= 0.6 is 0 Å². The van der Waals surface area contributed by atoms with Gasteiger partial charge in [-0.3, -0.25) is 4.79 Å². The number of methoxy groups -OCH3 is 1. The van der Waals surface area contributed by atoms with Crippen molar-refractivity contribution < 1.29 is 19.1 Å². The third-order valence-electron chi connectivity index (χ3n) is 4.67. The number of hydrogen-bond acceptors (Lipinski definition) is 4. The largest absolute Gasteiger partial charge is 0.496 e. The topological polar surface area (TPSA) is 64.6 Å². The van der Waals surface area contributed by atoms with Gasteiger partial charge in [0.15, 0.2) is 6.10 Å². The number of benzene rings is 2. The summed E-state index contributed by atoms with van der Waals surface area (Å²) in [6.45, 7) is 1.58. The van der Waals surface area contributed by atoms with Gasteiger partial charge in [0.25, 0.3) is 5.91 Å². The van der Waals surface area contributed by atoms with Crippen LogP contribution in [0.25, 0.3) is 0 Å². The molecule has 2 atom stereocenters. The number of carbonyl (C=O) groups excluding carboxylic acids is 2. The zero-order valence-corrected chi connectivity index (χ0v) is 15.0. The highest BCUT2D eigenvalue weighted by atomic mass is 16.5. The van der Waals surface area contributed by atoms with E-state index in [9.17, 15) is 9.59 Å². The summed E-state index contributed by atoms with van der Waals surface area (Å²) in [6.07, 6.45) is 2.05. The molecule has 0 saturated heterocycles. The highest BCUT2D eigenvalue weighted by Crippen LogP contribution is 2.29. The van der Waals surface area contributed by atoms with Crippen molar-refractivity contribution in [1.82, 2.24) is 5.32 Å². The number of para-hydroxylation sites is 1. The lowest BCUT2D eigenvalue weighted by atomic mass is 9.87. The fourth-order valence-corrected chi connectivity index (χ4v) is 3.28. The first-order valence-electron chi connectivity index (χ1n) is 8.82. The van der Waals surface area contributed by atoms with Gasteiger partial charge in [0.1, 0.15) is 11.3 Å². The van der Waals surface area contributed by atoms with Crippen LogP contribution in [0.1, 0.15) is 47.3 Å². The van der Waals surface area contributed by atoms with E-state index in [1.54, 1.807) is 31.2 Å². The quantitative estimate of drug-likeness (QED) is 0.837. The minimum atomic E-state index is -0.887. The van der Waals surface area contributed by atoms with Crippen molar-refractivity contribution in [1.29, 1.82) is 0 Å². The number of esters is 1. The van der Waals surface area contributed by atoms with E-state index in [4.69, 9.17) is 9.47 Å². The molecule has 0 spiro atoms. The molecule has 0 radical (unpaired) electrons. The fourth-order valence-electron chi connectivity index (χ4n) is 3.28. The predicted octanol–water partition coefficient (Wildman–Crippen LogP) is 3.43. The van der Waals surface area contributed by atoms with Crippen molar-refractivity contribution in [3.05, 3.63) is 65.2 Å². The van der Waals surface area contributed by atoms with Gasteiger partial charge in [-0.15, -0.1) is 0 Å². The molecule has 2 aromatic carbocycles. The highest BCUT2D eigenvalue weighted by Gasteiger charge is 2.26. The third kappa shape index (κ3) is 3.87. The van der Waals surface area contributed by atoms with Crippen molar-refractivity contribution in [2.45, 2.75) is 38.3 Å². The van der Waals surface area contributed by atoms with Gasteiger partial charge in [-0.05, 0) is 49.4 Å². The number of ether oxygens (including phenoxy) is 2. The number of carbonyl (C=O) groups is 2. The molecule has 5 heteroatoms. The van der Waals surface area contributed by atoms with Crippen LogP contribution in [0.15, 0.2) is 48.5 Å². The Bertz CT molecular complexity index is 802. The molecule has 0 aromatic heterocycles. The smallest absolute Gasteiger partial charge is 0.342 e. The number of rotatable bonds is 5. The van der Waals surface area contributed by atoms with Crippen molar-refractivity contribution in [2.24, 2.45) is 0 Å². The van der Waals surface area contributed by atoms with Gasteiger partial charge in [0, 0.05) is 0 Å². The number of amides is 1. The minimum Gasteiger partial charge on any atom is -0.496 e. The van der Waals surface area contributed by atoms with Crippen LogP contribution in [0.4, 0.5) is 0 Å². The lowest BCUT2D eigenvalue weighted by Crippen LogP contribution is -2.39. The van der Waals surface area contributed by atoms with Gasteiger partial charge in [-0.25, -0.2) is 4.79 Å². The van der Waals surface area contributed by atoms with Crippen LogP contribution in [0, 0.1) is 0 Å². The van der Waals surface area contributed by atoms with Crippen molar-refractivity contribution in [3.63, 3.8) is 0 Å². The molecule has 3 rings (SSSR count). The summed E-state index contributed by atoms with van der Waals surface area (Å²) in [7, 11) is 1.49. The average molecular weight is 353 g/mol. The molecule has 1 aliphatic carbocycles. The van der Waals surface area contributed by atoms with Gasteiger partial charge < -0.3 is 14.8 Å². The van der Waals surface area contributed by atoms with E-state index in [1.807, 2.05) is 18.2 Å². The molecule has 136 valence electrons. The molecule has 0 saturated carbocycles. The molecule has 0 aliphatic heterocycles. The number of fused-ring (bicyclic) bond motifs is 1. The summed E-state index contributed by atoms with van der Waals surface area (Å²) in [5, 5.41) is 3.01. The number of nitrogens with one attached hydrogen (secondary N) is 1. The van der Waals surface area contributed by atoms with Crippen LogP contribution in [0.2, 0.25) is 0 Å². The second-order valence-electron chi connectivity index (χ2n) is 6.40. The maximum atomic E-state index is 12.5. The summed E-state index contributed by atoms with van der Waals surface area (Å²) in [5.74, 6) is -0.449. The molecule has 5 nitrogen and oxygen atoms in total. The van der Waals surface area contributed by atoms with Gasteiger partial charge in [-0.1, -0.05) is 36.4 Å². The Morgan fingerprint density at radius 1 is 1.12 bits per heavy atom. The third-order valence-corrected chi connectivity index (χ3v) is 4.67. The lowest BCUT2D eigenvalue weighted by Gasteiger charge is -2.27. The Morgan fingerprint density at radius 3 is 2.65 bits per heavy atom. The fraction of sp³-hybridized carbons (Fsp3) is 0.333. The van der Waals surface area contributed by atoms with Gasteiger partial charge in [-0.2, -0.15) is 0 Å². The highest BCUT2D eigenvalue weighted by molar-refractivity contribution is 5.94. The molecule has 0 fully saturated rings. The van der Waals surface area contributed by atoms with Gasteiger partial charge >= 0.3 is 5.97 Å². The molecule has 2 aromatic rings. The summed E-state index contributed by atoms with van der Waals surface area (Å²) >= 11 is 0. The first-order chi connectivity index (χ1) is 12.6. The molecule has 1 N–H and O–H groups in total. The summed E-state index contributed by atoms with van der Waals surface area (Å²) < 4.78 is 10.5. The van der Waals surface area contributed by atoms with Crippen LogP contribution in [0.3, 0.4) is 0 Å². The maximum Gasteiger partial charge on any atom is 0.342 e. The minimum absolute atomic E-state index is 0.0418. The van der Waals surface area contributed by atoms with E-state index >= 15 is 0 Å². The van der Waals surface area contributed by atoms with Crippen LogP contribution in [-0.2, 0) is 16.0 Å². The second-order valence-corrected chi connectivity index (χ2v) is 6.40. The summed E-state index contributed by atoms with van der Waals surface area (Å²) in [5.41, 5.74) is 2.72. The lowest BCUT2D eigenvalue weighted by molar-refractivity contribution is -0.130. The Morgan fingerprint density at radius 2 is 1.85 bits per heavy atom. The molecule has 0 unspecified atom stereocenters. The van der Waals surface area contributed by atoms with E-state index in [-0.39, 0.29) is 11.9 Å². The van der Waals surface area contributed by atoms with Crippen molar-refractivity contribution in [2.75, 3.05) is 7.11 Å². The zero-order valence-electron chi connectivity index (χ0n) is 15.0. The Kier molecular flexibility index (Phi) is 5.56. The molecule has 1 amide bonds. The first-order valence-corrected chi connectivity index (χ1v) is 8.82. The van der Waals surface area contributed by atoms with E-state index in [0.29, 0.717) is 11.3 Å². The normalized spacial score (nSPS) is 16.9. The Labute approximate surface area is 153 Å². The van der Waals surface area contributed by atoms with Crippen molar-refractivity contribution >= 4 is 11.9 Å². The predicted molar refractivity (Wildman–Crippen MR) is 98.1 cm³/mol. The van der Waals surface area contributed by atoms with Gasteiger partial charge in [0.05, 0.1) is 13.2 Å². The molecule has 26 heavy (non-hydrogen) atoms. The molecule has 0 bridgehead atoms. The van der Waals surface area contributed by atoms with Crippen LogP contribution in [0.5, 0.6) is 5.75 Å². The summed E-state index contributed by atoms with van der Waals surface area (Å²) in [4.78, 5) is 24.9. The molecular weight excluding hydrogens is 330 g/mol. The molecule has 1 aliphatic rings. The van der Waals surface area contributed by atoms with E-state index in [0.717, 1.165) is 24.8 Å². The van der Waals surface area contributed by atoms with E-state index < -0.39 is 12.1 Å². The van der Waals surface area contributed by atoms with E-state index in [2.05, 4.69) is 11.4 Å². The Hall–Kier alpha value is -2.82. The number of hydrogen-bond donors (Lipinski definition) is 1. The SMILES string of the molecule is COc1ccccc1C(=O)O[C@@H](C)C(=O)N[C@H]1CCCc2ccccc21. The number of aryl methyl sites for hydroxylation is 1. The van der Waals surface area contributed by atoms with Crippen LogP contribution in [-0.4, -0.2) is 25.1 Å². The standard InChI is InChI=1S/C21H23NO4/c1-14(26-21(24)17-11-5-6-13-19(17)25-2)20(23)22-18-12-7-9-15-8-3-4-10-16(15)18/h3-6,8,10-11,13-14,18H,7,9,12H2,1-2H3,(H,22,23)/t14-,18-/m0/s1. The maximum absolute atomic E-state index is 12.5. The Balaban J connectivity index is 1.65. The second kappa shape index (κ2) is 8.04. The average Bonchev–Trinajstić information content (AvgIpc) is 2.68. The molecular formula is C21H23NO4. The zero-order chi connectivity index (χ0) is 18.5. The monoisotopic (exact) mass is 353 g/mol. The first kappa shape index (κ1) is 18.0. The van der Waals surface area contributed by atoms with Gasteiger partial charge in [0.2, 0.25) is 0 Å². The molecule has 0 heterocycles. The van der Waals surface area contributed by atoms with Crippen LogP contribution < -0.4 is 10.1 Å². The van der Waals surface area contributed by atoms with E-state index in [1.165, 1.54) is 12.7 Å².